The molecule has 0 radical (unpaired) electrons. The van der Waals surface area contributed by atoms with E-state index < -0.39 is 6.10 Å². The van der Waals surface area contributed by atoms with Crippen molar-refractivity contribution in [2.24, 2.45) is 0 Å². The second-order valence-electron chi connectivity index (χ2n) is 4.02. The molecule has 0 spiro atoms. The minimum Gasteiger partial charge on any atom is -0.441 e. The molecule has 17 heavy (non-hydrogen) atoms. The number of fused-ring (bicyclic) bond motifs is 1. The van der Waals surface area contributed by atoms with Gasteiger partial charge < -0.3 is 14.1 Å². The number of aliphatic hydroxyl groups excluding tert-OH is 1. The minimum atomic E-state index is -0.553. The third kappa shape index (κ3) is 1.76. The number of furan rings is 1. The molecule has 0 amide bonds. The molecule has 0 bridgehead atoms. The Balaban J connectivity index is 2.16. The van der Waals surface area contributed by atoms with Crippen molar-refractivity contribution in [3.63, 3.8) is 0 Å². The monoisotopic (exact) mass is 272 g/mol. The molecule has 4 nitrogen and oxygen atoms in total. The molecule has 0 saturated carbocycles. The highest BCUT2D eigenvalue weighted by molar-refractivity contribution is 6.30. The number of aromatic nitrogens is 2. The Bertz CT molecular complexity index is 562. The Hall–Kier alpha value is -0.970. The summed E-state index contributed by atoms with van der Waals surface area (Å²) in [4.78, 5) is 4.24. The first-order valence-electron chi connectivity index (χ1n) is 5.36. The minimum absolute atomic E-state index is 0.310. The van der Waals surface area contributed by atoms with E-state index in [1.807, 2.05) is 4.57 Å². The van der Waals surface area contributed by atoms with E-state index in [9.17, 15) is 5.11 Å². The number of aliphatic hydroxyl groups is 1. The van der Waals surface area contributed by atoms with E-state index in [0.717, 1.165) is 13.0 Å². The van der Waals surface area contributed by atoms with Crippen molar-refractivity contribution in [2.75, 3.05) is 0 Å². The zero-order chi connectivity index (χ0) is 12.0. The predicted octanol–water partition coefficient (Wildman–Crippen LogP) is 3.28. The van der Waals surface area contributed by atoms with Crippen LogP contribution in [0.1, 0.15) is 24.6 Å². The first-order chi connectivity index (χ1) is 8.16. The molecule has 3 heterocycles. The average Bonchev–Trinajstić information content (AvgIpc) is 2.84. The maximum atomic E-state index is 9.91. The van der Waals surface area contributed by atoms with Gasteiger partial charge in [0.1, 0.15) is 0 Å². The summed E-state index contributed by atoms with van der Waals surface area (Å²) in [6.45, 7) is 0.778. The van der Waals surface area contributed by atoms with Crippen LogP contribution >= 0.6 is 23.2 Å². The molecule has 0 saturated heterocycles. The molecular weight excluding hydrogens is 263 g/mol. The third-order valence-electron chi connectivity index (χ3n) is 2.93. The second kappa shape index (κ2) is 4.05. The molecule has 0 aromatic carbocycles. The molecule has 1 aliphatic rings. The summed E-state index contributed by atoms with van der Waals surface area (Å²) in [5.41, 5.74) is 0.667. The van der Waals surface area contributed by atoms with Gasteiger partial charge >= 0.3 is 0 Å². The average molecular weight is 273 g/mol. The summed E-state index contributed by atoms with van der Waals surface area (Å²) in [5, 5.41) is 10.5. The quantitative estimate of drug-likeness (QED) is 0.867. The zero-order valence-electron chi connectivity index (χ0n) is 8.86. The van der Waals surface area contributed by atoms with Crippen molar-refractivity contribution in [3.8, 4) is 11.6 Å². The van der Waals surface area contributed by atoms with E-state index in [0.29, 0.717) is 34.1 Å². The first kappa shape index (κ1) is 11.1. The SMILES string of the molecule is OC1CCCn2c(-c3ccc(Cl)o3)nc(Cl)c21. The van der Waals surface area contributed by atoms with E-state index >= 15 is 0 Å². The second-order valence-corrected chi connectivity index (χ2v) is 4.76. The normalized spacial score (nSPS) is 19.4. The fourth-order valence-electron chi connectivity index (χ4n) is 2.18. The number of rotatable bonds is 1. The Labute approximate surface area is 108 Å². The van der Waals surface area contributed by atoms with Crippen LogP contribution in [0.4, 0.5) is 0 Å². The van der Waals surface area contributed by atoms with Crippen LogP contribution in [0.5, 0.6) is 0 Å². The van der Waals surface area contributed by atoms with Crippen LogP contribution in [0, 0.1) is 0 Å². The van der Waals surface area contributed by atoms with E-state index in [1.54, 1.807) is 12.1 Å². The van der Waals surface area contributed by atoms with Gasteiger partial charge in [-0.3, -0.25) is 0 Å². The van der Waals surface area contributed by atoms with Gasteiger partial charge in [0.15, 0.2) is 22.0 Å². The number of hydrogen-bond acceptors (Lipinski definition) is 3. The van der Waals surface area contributed by atoms with Crippen LogP contribution in [0.25, 0.3) is 11.6 Å². The van der Waals surface area contributed by atoms with Crippen molar-refractivity contribution in [2.45, 2.75) is 25.5 Å². The standard InChI is InChI=1S/C11H10Cl2N2O2/c12-8-4-3-7(17-8)11-14-10(13)9-6(16)2-1-5-15(9)11/h3-4,6,16H,1-2,5H2. The maximum absolute atomic E-state index is 9.91. The summed E-state index contributed by atoms with van der Waals surface area (Å²) in [5.74, 6) is 1.19. The molecule has 6 heteroatoms. The zero-order valence-corrected chi connectivity index (χ0v) is 10.4. The number of halogens is 2. The molecule has 2 aromatic heterocycles. The Morgan fingerprint density at radius 1 is 1.41 bits per heavy atom. The van der Waals surface area contributed by atoms with Crippen LogP contribution in [0.15, 0.2) is 16.5 Å². The van der Waals surface area contributed by atoms with Crippen molar-refractivity contribution in [1.29, 1.82) is 0 Å². The van der Waals surface area contributed by atoms with Crippen LogP contribution in [-0.2, 0) is 6.54 Å². The van der Waals surface area contributed by atoms with Gasteiger partial charge in [0.05, 0.1) is 11.8 Å². The lowest BCUT2D eigenvalue weighted by Crippen LogP contribution is -2.15. The molecule has 0 fully saturated rings. The Morgan fingerprint density at radius 2 is 2.24 bits per heavy atom. The van der Waals surface area contributed by atoms with Gasteiger partial charge in [-0.05, 0) is 36.6 Å². The smallest absolute Gasteiger partial charge is 0.194 e. The molecule has 3 rings (SSSR count). The fraction of sp³-hybridized carbons (Fsp3) is 0.364. The summed E-state index contributed by atoms with van der Waals surface area (Å²) in [7, 11) is 0. The Morgan fingerprint density at radius 3 is 2.94 bits per heavy atom. The lowest BCUT2D eigenvalue weighted by atomic mass is 10.1. The summed E-state index contributed by atoms with van der Waals surface area (Å²) >= 11 is 11.8. The number of nitrogens with zero attached hydrogens (tertiary/aromatic N) is 2. The molecule has 2 aromatic rings. The van der Waals surface area contributed by atoms with E-state index in [4.69, 9.17) is 27.6 Å². The molecule has 1 N–H and O–H groups in total. The van der Waals surface area contributed by atoms with Crippen molar-refractivity contribution in [1.82, 2.24) is 9.55 Å². The van der Waals surface area contributed by atoms with Gasteiger partial charge in [-0.25, -0.2) is 4.98 Å². The molecule has 1 unspecified atom stereocenters. The lowest BCUT2D eigenvalue weighted by Gasteiger charge is -2.20. The predicted molar refractivity (Wildman–Crippen MR) is 64.1 cm³/mol. The summed E-state index contributed by atoms with van der Waals surface area (Å²) in [6.07, 6.45) is 1.05. The highest BCUT2D eigenvalue weighted by Gasteiger charge is 2.27. The van der Waals surface area contributed by atoms with Gasteiger partial charge in [-0.15, -0.1) is 0 Å². The molecule has 90 valence electrons. The van der Waals surface area contributed by atoms with Crippen molar-refractivity contribution in [3.05, 3.63) is 28.2 Å². The lowest BCUT2D eigenvalue weighted by molar-refractivity contribution is 0.139. The maximum Gasteiger partial charge on any atom is 0.194 e. The highest BCUT2D eigenvalue weighted by atomic mass is 35.5. The van der Waals surface area contributed by atoms with Gasteiger partial charge in [-0.2, -0.15) is 0 Å². The van der Waals surface area contributed by atoms with Crippen LogP contribution in [0.3, 0.4) is 0 Å². The fourth-order valence-corrected chi connectivity index (χ4v) is 2.64. The van der Waals surface area contributed by atoms with Gasteiger partial charge in [0.2, 0.25) is 0 Å². The summed E-state index contributed by atoms with van der Waals surface area (Å²) < 4.78 is 7.22. The highest BCUT2D eigenvalue weighted by Crippen LogP contribution is 2.36. The van der Waals surface area contributed by atoms with E-state index in [1.165, 1.54) is 0 Å². The van der Waals surface area contributed by atoms with E-state index in [2.05, 4.69) is 4.98 Å². The number of imidazole rings is 1. The van der Waals surface area contributed by atoms with Crippen LogP contribution < -0.4 is 0 Å². The van der Waals surface area contributed by atoms with Crippen LogP contribution in [0.2, 0.25) is 10.4 Å². The topological polar surface area (TPSA) is 51.2 Å². The Kier molecular flexibility index (Phi) is 2.65. The molecule has 1 aliphatic heterocycles. The van der Waals surface area contributed by atoms with Crippen LogP contribution in [-0.4, -0.2) is 14.7 Å². The van der Waals surface area contributed by atoms with Gasteiger partial charge in [0.25, 0.3) is 0 Å². The third-order valence-corrected chi connectivity index (χ3v) is 3.41. The molecular formula is C11H10Cl2N2O2. The first-order valence-corrected chi connectivity index (χ1v) is 6.12. The van der Waals surface area contributed by atoms with Crippen molar-refractivity contribution < 1.29 is 9.52 Å². The van der Waals surface area contributed by atoms with E-state index in [-0.39, 0.29) is 0 Å². The molecule has 0 aliphatic carbocycles. The van der Waals surface area contributed by atoms with Gasteiger partial charge in [-0.1, -0.05) is 11.6 Å². The summed E-state index contributed by atoms with van der Waals surface area (Å²) in [6, 6.07) is 3.40. The molecule has 1 atom stereocenters. The van der Waals surface area contributed by atoms with Crippen molar-refractivity contribution >= 4 is 23.2 Å². The largest absolute Gasteiger partial charge is 0.441 e. The van der Waals surface area contributed by atoms with Gasteiger partial charge in [0, 0.05) is 6.54 Å². The number of hydrogen-bond donors (Lipinski definition) is 1.